The summed E-state index contributed by atoms with van der Waals surface area (Å²) in [7, 11) is 0. The normalized spacial score (nSPS) is 11.5. The lowest BCUT2D eigenvalue weighted by Crippen LogP contribution is -2.02. The van der Waals surface area contributed by atoms with Crippen LogP contribution < -0.4 is 0 Å². The van der Waals surface area contributed by atoms with Crippen molar-refractivity contribution in [2.75, 3.05) is 0 Å². The fourth-order valence-corrected chi connectivity index (χ4v) is 5.21. The van der Waals surface area contributed by atoms with E-state index in [2.05, 4.69) is 121 Å². The number of nitrogens with zero attached hydrogens (tertiary/aromatic N) is 3. The molecule has 3 heteroatoms. The number of aromatic nitrogens is 3. The minimum Gasteiger partial charge on any atom is -0.309 e. The van der Waals surface area contributed by atoms with E-state index in [1.54, 1.807) is 0 Å². The van der Waals surface area contributed by atoms with Gasteiger partial charge >= 0.3 is 0 Å². The molecule has 0 bridgehead atoms. The third-order valence-corrected chi connectivity index (χ3v) is 6.48. The van der Waals surface area contributed by atoms with Crippen LogP contribution in [0.15, 0.2) is 97.3 Å². The molecular formula is C30H25N3. The van der Waals surface area contributed by atoms with Crippen LogP contribution in [-0.2, 0) is 0 Å². The quantitative estimate of drug-likeness (QED) is 0.286. The number of fused-ring (bicyclic) bond motifs is 3. The van der Waals surface area contributed by atoms with E-state index in [0.717, 1.165) is 17.1 Å². The summed E-state index contributed by atoms with van der Waals surface area (Å²) < 4.78 is 4.55. The molecule has 0 aliphatic rings. The van der Waals surface area contributed by atoms with Crippen molar-refractivity contribution in [1.82, 2.24) is 14.1 Å². The minimum atomic E-state index is 0.957. The molecule has 0 saturated heterocycles. The molecule has 6 rings (SSSR count). The van der Waals surface area contributed by atoms with E-state index in [0.29, 0.717) is 0 Å². The molecule has 0 N–H and O–H groups in total. The molecule has 160 valence electrons. The Labute approximate surface area is 193 Å². The molecule has 0 amide bonds. The van der Waals surface area contributed by atoms with Gasteiger partial charge in [0.15, 0.2) is 0 Å². The number of aryl methyl sites for hydroxylation is 3. The van der Waals surface area contributed by atoms with E-state index < -0.39 is 0 Å². The first-order chi connectivity index (χ1) is 16.1. The second-order valence-electron chi connectivity index (χ2n) is 8.78. The van der Waals surface area contributed by atoms with Gasteiger partial charge in [0.1, 0.15) is 5.82 Å². The van der Waals surface area contributed by atoms with Crippen molar-refractivity contribution in [3.05, 3.63) is 114 Å². The molecule has 2 aromatic heterocycles. The van der Waals surface area contributed by atoms with Gasteiger partial charge in [0, 0.05) is 34.4 Å². The zero-order chi connectivity index (χ0) is 22.5. The highest BCUT2D eigenvalue weighted by Gasteiger charge is 2.14. The second-order valence-corrected chi connectivity index (χ2v) is 8.78. The largest absolute Gasteiger partial charge is 0.309 e. The van der Waals surface area contributed by atoms with Gasteiger partial charge in [0.2, 0.25) is 0 Å². The Morgan fingerprint density at radius 1 is 0.667 bits per heavy atom. The predicted octanol–water partition coefficient (Wildman–Crippen LogP) is 7.56. The molecule has 2 heterocycles. The molecule has 0 unspecified atom stereocenters. The van der Waals surface area contributed by atoms with Crippen LogP contribution in [-0.4, -0.2) is 14.1 Å². The lowest BCUT2D eigenvalue weighted by Gasteiger charge is -2.15. The van der Waals surface area contributed by atoms with E-state index in [1.165, 1.54) is 44.2 Å². The third kappa shape index (κ3) is 3.08. The van der Waals surface area contributed by atoms with E-state index >= 15 is 0 Å². The van der Waals surface area contributed by atoms with E-state index in [4.69, 9.17) is 4.98 Å². The summed E-state index contributed by atoms with van der Waals surface area (Å²) in [6.45, 7) is 6.49. The number of hydrogen-bond donors (Lipinski definition) is 0. The Hall–Kier alpha value is -4.11. The molecule has 3 nitrogen and oxygen atoms in total. The summed E-state index contributed by atoms with van der Waals surface area (Å²) in [5, 5.41) is 2.55. The Morgan fingerprint density at radius 2 is 1.24 bits per heavy atom. The van der Waals surface area contributed by atoms with Gasteiger partial charge in [-0.2, -0.15) is 0 Å². The van der Waals surface area contributed by atoms with Gasteiger partial charge < -0.3 is 4.57 Å². The second kappa shape index (κ2) is 7.49. The average molecular weight is 428 g/mol. The van der Waals surface area contributed by atoms with Gasteiger partial charge in [-0.25, -0.2) is 4.98 Å². The number of imidazole rings is 1. The van der Waals surface area contributed by atoms with Crippen LogP contribution in [0.2, 0.25) is 0 Å². The SMILES string of the molecule is Cc1cc(C)c(-n2ccnc2-c2ccc(-n3c4ccccc4c4ccccc43)cc2)c(C)c1. The van der Waals surface area contributed by atoms with Crippen molar-refractivity contribution >= 4 is 21.8 Å². The van der Waals surface area contributed by atoms with Crippen LogP contribution >= 0.6 is 0 Å². The Balaban J connectivity index is 1.48. The molecule has 33 heavy (non-hydrogen) atoms. The molecule has 0 saturated carbocycles. The standard InChI is InChI=1S/C30H25N3/c1-20-18-21(2)29(22(3)19-20)32-17-16-31-30(32)23-12-14-24(15-13-23)33-27-10-6-4-8-25(27)26-9-5-7-11-28(26)33/h4-19H,1-3H3. The smallest absolute Gasteiger partial charge is 0.144 e. The summed E-state index contributed by atoms with van der Waals surface area (Å²) in [6, 6.07) is 30.4. The highest BCUT2D eigenvalue weighted by atomic mass is 15.1. The van der Waals surface area contributed by atoms with Crippen LogP contribution in [0, 0.1) is 20.8 Å². The van der Waals surface area contributed by atoms with Gasteiger partial charge in [-0.05, 0) is 68.3 Å². The fourth-order valence-electron chi connectivity index (χ4n) is 5.21. The molecule has 4 aromatic carbocycles. The molecule has 6 aromatic rings. The predicted molar refractivity (Wildman–Crippen MR) is 138 cm³/mol. The monoisotopic (exact) mass is 427 g/mol. The average Bonchev–Trinajstić information content (AvgIpc) is 3.42. The highest BCUT2D eigenvalue weighted by molar-refractivity contribution is 6.09. The zero-order valence-corrected chi connectivity index (χ0v) is 19.1. The van der Waals surface area contributed by atoms with E-state index in [-0.39, 0.29) is 0 Å². The van der Waals surface area contributed by atoms with Crippen LogP contribution in [0.3, 0.4) is 0 Å². The van der Waals surface area contributed by atoms with Crippen LogP contribution in [0.4, 0.5) is 0 Å². The number of hydrogen-bond acceptors (Lipinski definition) is 1. The van der Waals surface area contributed by atoms with Crippen molar-refractivity contribution in [2.24, 2.45) is 0 Å². The lowest BCUT2D eigenvalue weighted by atomic mass is 10.0. The maximum absolute atomic E-state index is 4.72. The van der Waals surface area contributed by atoms with Gasteiger partial charge in [0.25, 0.3) is 0 Å². The molecule has 0 radical (unpaired) electrons. The lowest BCUT2D eigenvalue weighted by molar-refractivity contribution is 1.03. The molecule has 0 aliphatic heterocycles. The van der Waals surface area contributed by atoms with Crippen LogP contribution in [0.1, 0.15) is 16.7 Å². The first-order valence-electron chi connectivity index (χ1n) is 11.3. The van der Waals surface area contributed by atoms with Crippen molar-refractivity contribution in [3.63, 3.8) is 0 Å². The van der Waals surface area contributed by atoms with E-state index in [9.17, 15) is 0 Å². The zero-order valence-electron chi connectivity index (χ0n) is 19.1. The molecule has 0 aliphatic carbocycles. The van der Waals surface area contributed by atoms with Crippen LogP contribution in [0.5, 0.6) is 0 Å². The minimum absolute atomic E-state index is 0.957. The van der Waals surface area contributed by atoms with Crippen molar-refractivity contribution in [1.29, 1.82) is 0 Å². The fraction of sp³-hybridized carbons (Fsp3) is 0.100. The molecule has 0 fully saturated rings. The first-order valence-corrected chi connectivity index (χ1v) is 11.3. The topological polar surface area (TPSA) is 22.8 Å². The van der Waals surface area contributed by atoms with Gasteiger partial charge in [-0.15, -0.1) is 0 Å². The van der Waals surface area contributed by atoms with Crippen molar-refractivity contribution in [2.45, 2.75) is 20.8 Å². The molecule has 0 spiro atoms. The van der Waals surface area contributed by atoms with Gasteiger partial charge in [-0.3, -0.25) is 4.57 Å². The van der Waals surface area contributed by atoms with E-state index in [1.807, 2.05) is 6.20 Å². The Bertz CT molecular complexity index is 1550. The maximum Gasteiger partial charge on any atom is 0.144 e. The summed E-state index contributed by atoms with van der Waals surface area (Å²) in [5.41, 5.74) is 9.70. The van der Waals surface area contributed by atoms with Gasteiger partial charge in [0.05, 0.1) is 16.7 Å². The summed E-state index contributed by atoms with van der Waals surface area (Å²) in [5.74, 6) is 0.957. The number of rotatable bonds is 3. The Morgan fingerprint density at radius 3 is 1.85 bits per heavy atom. The van der Waals surface area contributed by atoms with Crippen molar-refractivity contribution in [3.8, 4) is 22.8 Å². The third-order valence-electron chi connectivity index (χ3n) is 6.48. The maximum atomic E-state index is 4.72. The number of para-hydroxylation sites is 2. The molecule has 0 atom stereocenters. The first kappa shape index (κ1) is 19.6. The summed E-state index contributed by atoms with van der Waals surface area (Å²) in [4.78, 5) is 4.72. The summed E-state index contributed by atoms with van der Waals surface area (Å²) >= 11 is 0. The summed E-state index contributed by atoms with van der Waals surface area (Å²) in [6.07, 6.45) is 3.94. The van der Waals surface area contributed by atoms with Crippen LogP contribution in [0.25, 0.3) is 44.6 Å². The van der Waals surface area contributed by atoms with Crippen molar-refractivity contribution < 1.29 is 0 Å². The van der Waals surface area contributed by atoms with Gasteiger partial charge in [-0.1, -0.05) is 54.1 Å². The molecular weight excluding hydrogens is 402 g/mol. The number of benzene rings is 4. The Kier molecular flexibility index (Phi) is 4.44. The highest BCUT2D eigenvalue weighted by Crippen LogP contribution is 2.33.